The number of amides is 1. The van der Waals surface area contributed by atoms with Gasteiger partial charge in [0.05, 0.1) is 86.6 Å². The zero-order chi connectivity index (χ0) is 67.5. The molecular formula is C67H96N2O24. The molecule has 3 unspecified atom stereocenters. The highest BCUT2D eigenvalue weighted by atomic mass is 16.8. The summed E-state index contributed by atoms with van der Waals surface area (Å²) in [6.07, 6.45) is -4.21. The summed E-state index contributed by atoms with van der Waals surface area (Å²) < 4.78 is 81.5. The zero-order valence-corrected chi connectivity index (χ0v) is 55.4. The van der Waals surface area contributed by atoms with Gasteiger partial charge in [0.1, 0.15) is 35.9 Å². The number of aliphatic hydroxyl groups is 4. The lowest BCUT2D eigenvalue weighted by atomic mass is 9.49. The summed E-state index contributed by atoms with van der Waals surface area (Å²) in [6, 6.07) is -1.12. The van der Waals surface area contributed by atoms with E-state index in [1.807, 2.05) is 39.8 Å². The van der Waals surface area contributed by atoms with E-state index in [2.05, 4.69) is 25.2 Å². The number of hydrogen-bond acceptors (Lipinski definition) is 24. The van der Waals surface area contributed by atoms with Crippen LogP contribution in [0.1, 0.15) is 147 Å². The maximum absolute atomic E-state index is 15.6. The summed E-state index contributed by atoms with van der Waals surface area (Å²) >= 11 is 0. The fourth-order valence-electron chi connectivity index (χ4n) is 16.9. The van der Waals surface area contributed by atoms with E-state index in [4.69, 9.17) is 61.6 Å². The molecule has 0 radical (unpaired) electrons. The van der Waals surface area contributed by atoms with Crippen molar-refractivity contribution in [3.8, 4) is 0 Å². The highest BCUT2D eigenvalue weighted by Gasteiger charge is 2.65. The number of aliphatic hydroxyl groups excluding tert-OH is 4. The number of fused-ring (bicyclic) bond motifs is 4. The van der Waals surface area contributed by atoms with Gasteiger partial charge in [0.25, 0.3) is 0 Å². The summed E-state index contributed by atoms with van der Waals surface area (Å²) in [5.74, 6) is -6.46. The molecular weight excluding hydrogens is 1220 g/mol. The average Bonchev–Trinajstić information content (AvgIpc) is 1.68. The van der Waals surface area contributed by atoms with Gasteiger partial charge in [0, 0.05) is 68.1 Å². The van der Waals surface area contributed by atoms with E-state index < -0.39 is 210 Å². The van der Waals surface area contributed by atoms with Crippen molar-refractivity contribution in [2.45, 2.75) is 281 Å². The van der Waals surface area contributed by atoms with Crippen LogP contribution in [0.5, 0.6) is 0 Å². The van der Waals surface area contributed by atoms with Crippen LogP contribution in [0.3, 0.4) is 0 Å². The molecule has 6 saturated heterocycles. The first-order valence-corrected chi connectivity index (χ1v) is 33.1. The van der Waals surface area contributed by atoms with Crippen LogP contribution in [0.25, 0.3) is 0 Å². The average molecular weight is 1310 g/mol. The van der Waals surface area contributed by atoms with Gasteiger partial charge in [0.15, 0.2) is 43.2 Å². The Morgan fingerprint density at radius 2 is 1.35 bits per heavy atom. The van der Waals surface area contributed by atoms with Crippen LogP contribution in [0.15, 0.2) is 58.4 Å². The van der Waals surface area contributed by atoms with Crippen molar-refractivity contribution >= 4 is 30.1 Å². The first-order valence-electron chi connectivity index (χ1n) is 33.1. The lowest BCUT2D eigenvalue weighted by molar-refractivity contribution is -0.584. The van der Waals surface area contributed by atoms with Gasteiger partial charge in [-0.25, -0.2) is 9.59 Å². The Bertz CT molecular complexity index is 2960. The highest BCUT2D eigenvalue weighted by molar-refractivity contribution is 6.26. The third-order valence-electron chi connectivity index (χ3n) is 21.7. The fourth-order valence-corrected chi connectivity index (χ4v) is 16.9. The molecule has 7 fully saturated rings. The topological polar surface area (TPSA) is 341 Å². The molecule has 518 valence electrons. The maximum atomic E-state index is 15.6. The van der Waals surface area contributed by atoms with Crippen LogP contribution in [0.2, 0.25) is 0 Å². The number of esters is 2. The van der Waals surface area contributed by atoms with Crippen molar-refractivity contribution in [2.75, 3.05) is 7.11 Å². The van der Waals surface area contributed by atoms with E-state index in [1.165, 1.54) is 19.9 Å². The first kappa shape index (κ1) is 70.7. The number of Topliss-reactive ketones (excluding diaryl/α,β-unsaturated/α-hetero) is 1. The van der Waals surface area contributed by atoms with E-state index >= 15 is 4.79 Å². The number of nitrogens with one attached hydrogen (secondary N) is 1. The van der Waals surface area contributed by atoms with E-state index in [1.54, 1.807) is 33.8 Å². The Morgan fingerprint density at radius 1 is 0.720 bits per heavy atom. The summed E-state index contributed by atoms with van der Waals surface area (Å²) in [5, 5.41) is 62.0. The van der Waals surface area contributed by atoms with Crippen LogP contribution < -0.4 is 5.32 Å². The van der Waals surface area contributed by atoms with Gasteiger partial charge in [-0.3, -0.25) is 24.5 Å². The normalized spacial score (nSPS) is 47.4. The molecule has 29 atom stereocenters. The number of carbonyl (C=O) groups excluding carboxylic acids is 5. The van der Waals surface area contributed by atoms with E-state index in [0.717, 1.165) is 7.11 Å². The maximum Gasteiger partial charge on any atom is 0.407 e. The first-order chi connectivity index (χ1) is 43.9. The largest absolute Gasteiger partial charge is 0.511 e. The molecule has 1 amide bonds. The van der Waals surface area contributed by atoms with Crippen molar-refractivity contribution < 1.29 is 111 Å². The molecule has 4 aliphatic carbocycles. The number of nitrogens with zero attached hydrogens (tertiary/aromatic N) is 1. The van der Waals surface area contributed by atoms with Crippen molar-refractivity contribution in [2.24, 2.45) is 40.9 Å². The van der Waals surface area contributed by atoms with Crippen LogP contribution >= 0.6 is 0 Å². The monoisotopic (exact) mass is 1310 g/mol. The summed E-state index contributed by atoms with van der Waals surface area (Å²) in [4.78, 5) is 80.4. The Morgan fingerprint density at radius 3 is 2.01 bits per heavy atom. The number of aldehydes is 1. The lowest BCUT2D eigenvalue weighted by Crippen LogP contribution is -2.65. The van der Waals surface area contributed by atoms with Crippen molar-refractivity contribution in [3.05, 3.63) is 68.5 Å². The van der Waals surface area contributed by atoms with Gasteiger partial charge < -0.3 is 87.3 Å². The number of carbonyl (C=O) groups is 5. The van der Waals surface area contributed by atoms with Gasteiger partial charge in [-0.15, -0.1) is 0 Å². The number of allylic oxidation sites excluding steroid dienone is 3. The highest BCUT2D eigenvalue weighted by Crippen LogP contribution is 2.61. The molecule has 26 heteroatoms. The molecule has 1 saturated carbocycles. The fraction of sp³-hybridized carbons (Fsp3) is 0.776. The molecule has 10 aliphatic rings. The van der Waals surface area contributed by atoms with E-state index in [-0.39, 0.29) is 43.1 Å². The minimum absolute atomic E-state index is 0.00196. The van der Waals surface area contributed by atoms with Gasteiger partial charge in [-0.2, -0.15) is 0 Å². The second-order valence-corrected chi connectivity index (χ2v) is 28.2. The van der Waals surface area contributed by atoms with Crippen LogP contribution in [-0.4, -0.2) is 197 Å². The molecule has 0 aromatic carbocycles. The molecule has 10 rings (SSSR count). The molecule has 26 nitrogen and oxygen atoms in total. The van der Waals surface area contributed by atoms with Gasteiger partial charge in [0.2, 0.25) is 11.3 Å². The number of nitro groups is 1. The number of ether oxygens (including phenoxy) is 13. The van der Waals surface area contributed by atoms with Gasteiger partial charge >= 0.3 is 18.0 Å². The Hall–Kier alpha value is -5.07. The number of ketones is 1. The quantitative estimate of drug-likeness (QED) is 0.0240. The number of rotatable bonds is 14. The molecule has 93 heavy (non-hydrogen) atoms. The van der Waals surface area contributed by atoms with Crippen molar-refractivity contribution in [1.29, 1.82) is 0 Å². The standard InChI is InChI=1S/C67H96N2O24/c1-30-14-18-47(88-54-28-65(11,69(79)80)60(38(9)86-54)68-64(78)81-13)31(2)23-43-45(73)24-40(29-70)27-67(43)62(76)55(63(77)93-67)61(75)66(12)42(30)16-15-41-56(66)32(3)22-33(4)57(41)92-53-26-49(59(37(8)85-53)87-39(10)71)90-50-21-19-48(35(6)83-50)89-52-25-46(74)58(36(7)84-52)91-51-20-17-44(72)34(5)82-51/h14-16,23-24,29,32-38,41-54,56-60,72-75H,17-22,25-28H2,1-13H3,(H,68,78)/b30-14+,31-23+,61-55?/t32-,33-,34-,35-,36-,37-,38+,41-,42-,43+,44+,45-,46+,47-,48?,49+,50-,51-,52-,53-,54-,56+,57-,58?,59-,60-,65-,66+,67?/m0/s1. The molecule has 6 aliphatic heterocycles. The number of alkyl carbamates (subject to hydrolysis) is 1. The predicted molar refractivity (Wildman–Crippen MR) is 325 cm³/mol. The second-order valence-electron chi connectivity index (χ2n) is 28.2. The number of hydrogen-bond donors (Lipinski definition) is 5. The van der Waals surface area contributed by atoms with Crippen LogP contribution in [-0.2, 0) is 80.8 Å². The molecule has 1 spiro atoms. The lowest BCUT2D eigenvalue weighted by Gasteiger charge is -2.56. The van der Waals surface area contributed by atoms with Crippen molar-refractivity contribution in [3.63, 3.8) is 0 Å². The van der Waals surface area contributed by atoms with E-state index in [9.17, 15) is 49.7 Å². The third kappa shape index (κ3) is 14.0. The van der Waals surface area contributed by atoms with E-state index in [0.29, 0.717) is 49.5 Å². The second kappa shape index (κ2) is 28.2. The molecule has 6 heterocycles. The van der Waals surface area contributed by atoms with Crippen LogP contribution in [0, 0.1) is 51.0 Å². The van der Waals surface area contributed by atoms with Crippen LogP contribution in [0.4, 0.5) is 4.79 Å². The molecule has 0 aromatic heterocycles. The smallest absolute Gasteiger partial charge is 0.407 e. The van der Waals surface area contributed by atoms with Gasteiger partial charge in [-0.05, 0) is 109 Å². The van der Waals surface area contributed by atoms with Gasteiger partial charge in [-0.1, -0.05) is 50.6 Å². The van der Waals surface area contributed by atoms with Crippen molar-refractivity contribution in [1.82, 2.24) is 5.32 Å². The Kier molecular flexibility index (Phi) is 21.4. The Labute approximate surface area is 542 Å². The number of methoxy groups -OCH3 is 1. The Balaban J connectivity index is 0.904. The molecule has 2 bridgehead atoms. The zero-order valence-electron chi connectivity index (χ0n) is 55.4. The minimum atomic E-state index is -2.20. The SMILES string of the molecule is COC(=O)N[C@H]1[C@@H](C)O[C@@H](O[C@H]2C/C=C(\C)[C@@H]3C=C[C@@H]4[C@@H](O[C@H]5C[C@@H](O[C@H]6CCC(O[C@H]7C[C@@H](O)C(O[C@H]8CC[C@@H](O)[C@H](C)O8)[C@H](C)O7)[C@H](C)O6)[C@@H](OC(C)=O)[C@H](C)O5)[C@@H](C)C[C@H](C)[C@H]4[C@]3(C)C(O)=C3C(=O)OC4(CC(C=O)=C[C@H](O)[C@H]4/C=C/2C)C3=O)C[C@]1(C)[N+](=O)[O-]. The summed E-state index contributed by atoms with van der Waals surface area (Å²) in [6.45, 7) is 21.0. The molecule has 0 aromatic rings. The predicted octanol–water partition coefficient (Wildman–Crippen LogP) is 6.36. The third-order valence-corrected chi connectivity index (χ3v) is 21.7. The summed E-state index contributed by atoms with van der Waals surface area (Å²) in [5.41, 5.74) is -4.91. The molecule has 5 N–H and O–H groups in total. The summed E-state index contributed by atoms with van der Waals surface area (Å²) in [7, 11) is 1.15. The minimum Gasteiger partial charge on any atom is -0.511 e.